The standard InChI is InChI=1S/C9H16N4S/c1-9(2)4-3-5-13(9)6-7-11-12-8(10)14-7/h3-6H2,1-2H3,(H2,10,12). The minimum Gasteiger partial charge on any atom is -0.374 e. The second-order valence-electron chi connectivity index (χ2n) is 4.37. The van der Waals surface area contributed by atoms with Crippen LogP contribution in [-0.2, 0) is 6.54 Å². The van der Waals surface area contributed by atoms with E-state index in [0.29, 0.717) is 10.7 Å². The third-order valence-corrected chi connectivity index (χ3v) is 3.62. The molecule has 1 aromatic rings. The lowest BCUT2D eigenvalue weighted by Gasteiger charge is -2.30. The molecule has 0 aromatic carbocycles. The smallest absolute Gasteiger partial charge is 0.203 e. The summed E-state index contributed by atoms with van der Waals surface area (Å²) in [4.78, 5) is 2.45. The van der Waals surface area contributed by atoms with Crippen LogP contribution in [0.3, 0.4) is 0 Å². The maximum atomic E-state index is 5.55. The normalized spacial score (nSPS) is 21.6. The lowest BCUT2D eigenvalue weighted by Crippen LogP contribution is -2.37. The quantitative estimate of drug-likeness (QED) is 0.807. The summed E-state index contributed by atoms with van der Waals surface area (Å²) < 4.78 is 0. The van der Waals surface area contributed by atoms with Crippen LogP contribution in [0.1, 0.15) is 31.7 Å². The molecule has 0 spiro atoms. The Morgan fingerprint density at radius 1 is 1.50 bits per heavy atom. The monoisotopic (exact) mass is 212 g/mol. The van der Waals surface area contributed by atoms with Gasteiger partial charge in [-0.05, 0) is 33.2 Å². The van der Waals surface area contributed by atoms with Gasteiger partial charge in [-0.2, -0.15) is 0 Å². The van der Waals surface area contributed by atoms with Crippen LogP contribution in [-0.4, -0.2) is 27.2 Å². The summed E-state index contributed by atoms with van der Waals surface area (Å²) in [6.45, 7) is 6.61. The van der Waals surface area contributed by atoms with Gasteiger partial charge in [0.25, 0.3) is 0 Å². The van der Waals surface area contributed by atoms with Gasteiger partial charge >= 0.3 is 0 Å². The number of nitrogen functional groups attached to an aromatic ring is 1. The fraction of sp³-hybridized carbons (Fsp3) is 0.778. The Balaban J connectivity index is 2.04. The van der Waals surface area contributed by atoms with Crippen molar-refractivity contribution in [3.63, 3.8) is 0 Å². The van der Waals surface area contributed by atoms with Crippen molar-refractivity contribution in [3.8, 4) is 0 Å². The number of aromatic nitrogens is 2. The molecule has 0 saturated carbocycles. The highest BCUT2D eigenvalue weighted by Gasteiger charge is 2.32. The largest absolute Gasteiger partial charge is 0.374 e. The minimum absolute atomic E-state index is 0.306. The Morgan fingerprint density at radius 2 is 2.29 bits per heavy atom. The van der Waals surface area contributed by atoms with Crippen molar-refractivity contribution in [3.05, 3.63) is 5.01 Å². The summed E-state index contributed by atoms with van der Waals surface area (Å²) in [6.07, 6.45) is 2.54. The van der Waals surface area contributed by atoms with Crippen LogP contribution in [0.15, 0.2) is 0 Å². The van der Waals surface area contributed by atoms with Crippen LogP contribution in [0.5, 0.6) is 0 Å². The van der Waals surface area contributed by atoms with E-state index < -0.39 is 0 Å². The van der Waals surface area contributed by atoms with Gasteiger partial charge in [-0.15, -0.1) is 10.2 Å². The predicted octanol–water partition coefficient (Wildman–Crippen LogP) is 1.49. The first kappa shape index (κ1) is 9.86. The van der Waals surface area contributed by atoms with E-state index in [1.165, 1.54) is 24.2 Å². The molecule has 0 atom stereocenters. The Kier molecular flexibility index (Phi) is 2.45. The van der Waals surface area contributed by atoms with Gasteiger partial charge in [-0.25, -0.2) is 0 Å². The van der Waals surface area contributed by atoms with Gasteiger partial charge in [0, 0.05) is 5.54 Å². The lowest BCUT2D eigenvalue weighted by atomic mass is 10.0. The van der Waals surface area contributed by atoms with Crippen molar-refractivity contribution >= 4 is 16.5 Å². The molecule has 5 heteroatoms. The average Bonchev–Trinajstić information content (AvgIpc) is 2.61. The fourth-order valence-corrected chi connectivity index (χ4v) is 2.58. The van der Waals surface area contributed by atoms with Crippen molar-refractivity contribution in [2.75, 3.05) is 12.3 Å². The second-order valence-corrected chi connectivity index (χ2v) is 5.47. The maximum Gasteiger partial charge on any atom is 0.203 e. The number of hydrogen-bond acceptors (Lipinski definition) is 5. The summed E-state index contributed by atoms with van der Waals surface area (Å²) in [6, 6.07) is 0. The number of hydrogen-bond donors (Lipinski definition) is 1. The number of nitrogens with zero attached hydrogens (tertiary/aromatic N) is 3. The van der Waals surface area contributed by atoms with Crippen molar-refractivity contribution in [2.45, 2.75) is 38.8 Å². The van der Waals surface area contributed by atoms with E-state index in [1.54, 1.807) is 0 Å². The second kappa shape index (κ2) is 3.47. The number of likely N-dealkylation sites (tertiary alicyclic amines) is 1. The first-order valence-corrected chi connectivity index (χ1v) is 5.72. The topological polar surface area (TPSA) is 55.0 Å². The summed E-state index contributed by atoms with van der Waals surface area (Å²) in [5.41, 5.74) is 5.85. The number of rotatable bonds is 2. The van der Waals surface area contributed by atoms with E-state index in [4.69, 9.17) is 5.73 Å². The lowest BCUT2D eigenvalue weighted by molar-refractivity contribution is 0.166. The zero-order valence-electron chi connectivity index (χ0n) is 8.66. The summed E-state index contributed by atoms with van der Waals surface area (Å²) in [7, 11) is 0. The van der Waals surface area contributed by atoms with Crippen LogP contribution in [0.2, 0.25) is 0 Å². The molecule has 78 valence electrons. The molecule has 0 unspecified atom stereocenters. The van der Waals surface area contributed by atoms with Gasteiger partial charge in [-0.3, -0.25) is 4.90 Å². The van der Waals surface area contributed by atoms with Crippen LogP contribution >= 0.6 is 11.3 Å². The summed E-state index contributed by atoms with van der Waals surface area (Å²) in [5, 5.41) is 9.46. The van der Waals surface area contributed by atoms with Crippen LogP contribution in [0.25, 0.3) is 0 Å². The highest BCUT2D eigenvalue weighted by atomic mass is 32.1. The highest BCUT2D eigenvalue weighted by Crippen LogP contribution is 2.30. The Morgan fingerprint density at radius 3 is 2.79 bits per heavy atom. The predicted molar refractivity (Wildman–Crippen MR) is 58.0 cm³/mol. The third kappa shape index (κ3) is 1.88. The van der Waals surface area contributed by atoms with Crippen molar-refractivity contribution in [1.29, 1.82) is 0 Å². The van der Waals surface area contributed by atoms with E-state index in [2.05, 4.69) is 28.9 Å². The number of nitrogens with two attached hydrogens (primary N) is 1. The van der Waals surface area contributed by atoms with E-state index >= 15 is 0 Å². The molecule has 4 nitrogen and oxygen atoms in total. The Hall–Kier alpha value is -0.680. The van der Waals surface area contributed by atoms with Gasteiger partial charge in [0.05, 0.1) is 6.54 Å². The molecule has 1 fully saturated rings. The molecule has 0 aliphatic carbocycles. The van der Waals surface area contributed by atoms with Crippen molar-refractivity contribution < 1.29 is 0 Å². The molecule has 0 bridgehead atoms. The number of anilines is 1. The van der Waals surface area contributed by atoms with Gasteiger partial charge in [0.1, 0.15) is 5.01 Å². The highest BCUT2D eigenvalue weighted by molar-refractivity contribution is 7.15. The Labute approximate surface area is 88.1 Å². The summed E-state index contributed by atoms with van der Waals surface area (Å²) >= 11 is 1.49. The molecule has 1 aliphatic rings. The molecule has 1 saturated heterocycles. The van der Waals surface area contributed by atoms with E-state index in [1.807, 2.05) is 0 Å². The van der Waals surface area contributed by atoms with E-state index in [-0.39, 0.29) is 0 Å². The molecular weight excluding hydrogens is 196 g/mol. The fourth-order valence-electron chi connectivity index (χ4n) is 1.95. The Bertz CT molecular complexity index is 320. The maximum absolute atomic E-state index is 5.55. The molecule has 1 aliphatic heterocycles. The van der Waals surface area contributed by atoms with Crippen LogP contribution < -0.4 is 5.73 Å². The van der Waals surface area contributed by atoms with Gasteiger partial charge in [-0.1, -0.05) is 11.3 Å². The molecule has 2 rings (SSSR count). The molecule has 14 heavy (non-hydrogen) atoms. The van der Waals surface area contributed by atoms with Gasteiger partial charge < -0.3 is 5.73 Å². The molecule has 0 radical (unpaired) electrons. The molecule has 2 heterocycles. The van der Waals surface area contributed by atoms with E-state index in [0.717, 1.165) is 18.1 Å². The van der Waals surface area contributed by atoms with Crippen molar-refractivity contribution in [2.24, 2.45) is 0 Å². The molecule has 1 aromatic heterocycles. The zero-order chi connectivity index (χ0) is 10.2. The molecular formula is C9H16N4S. The molecule has 0 amide bonds. The minimum atomic E-state index is 0.306. The first-order valence-electron chi connectivity index (χ1n) is 4.91. The van der Waals surface area contributed by atoms with E-state index in [9.17, 15) is 0 Å². The summed E-state index contributed by atoms with van der Waals surface area (Å²) in [5.74, 6) is 0. The SMILES string of the molecule is CC1(C)CCCN1Cc1nnc(N)s1. The zero-order valence-corrected chi connectivity index (χ0v) is 9.47. The molecule has 2 N–H and O–H groups in total. The van der Waals surface area contributed by atoms with Crippen LogP contribution in [0, 0.1) is 0 Å². The third-order valence-electron chi connectivity index (χ3n) is 2.88. The van der Waals surface area contributed by atoms with Crippen LogP contribution in [0.4, 0.5) is 5.13 Å². The van der Waals surface area contributed by atoms with Gasteiger partial charge in [0.15, 0.2) is 0 Å². The van der Waals surface area contributed by atoms with Crippen molar-refractivity contribution in [1.82, 2.24) is 15.1 Å². The van der Waals surface area contributed by atoms with Gasteiger partial charge in [0.2, 0.25) is 5.13 Å². The first-order chi connectivity index (χ1) is 6.58. The average molecular weight is 212 g/mol.